The van der Waals surface area contributed by atoms with Crippen LogP contribution in [0.5, 0.6) is 0 Å². The smallest absolute Gasteiger partial charge is 0.0329 e. The molecule has 0 spiro atoms. The van der Waals surface area contributed by atoms with Gasteiger partial charge in [0.15, 0.2) is 0 Å². The maximum absolute atomic E-state index is 2.42. The maximum Gasteiger partial charge on any atom is -0.0329 e. The molecule has 0 saturated heterocycles. The van der Waals surface area contributed by atoms with Gasteiger partial charge in [0.2, 0.25) is 0 Å². The summed E-state index contributed by atoms with van der Waals surface area (Å²) in [7, 11) is 0. The third-order valence-corrected chi connectivity index (χ3v) is 4.17. The van der Waals surface area contributed by atoms with Crippen molar-refractivity contribution in [3.8, 4) is 0 Å². The van der Waals surface area contributed by atoms with Gasteiger partial charge in [-0.2, -0.15) is 0 Å². The average molecular weight is 166 g/mol. The highest BCUT2D eigenvalue weighted by molar-refractivity contribution is 5.03. The van der Waals surface area contributed by atoms with E-state index in [1.807, 2.05) is 0 Å². The SMILES string of the molecule is CC(C)C1[C@H](C(C)C)C[C@@H]2C[C@H]12. The monoisotopic (exact) mass is 166 g/mol. The molecule has 0 nitrogen and oxygen atoms in total. The lowest BCUT2D eigenvalue weighted by Gasteiger charge is -2.29. The third kappa shape index (κ3) is 1.20. The Morgan fingerprint density at radius 1 is 0.917 bits per heavy atom. The molecule has 0 aliphatic heterocycles. The van der Waals surface area contributed by atoms with Gasteiger partial charge in [0.05, 0.1) is 0 Å². The first kappa shape index (κ1) is 8.59. The van der Waals surface area contributed by atoms with Crippen molar-refractivity contribution in [3.05, 3.63) is 0 Å². The largest absolute Gasteiger partial charge is 0.0625 e. The Morgan fingerprint density at radius 2 is 1.58 bits per heavy atom. The Balaban J connectivity index is 2.06. The Kier molecular flexibility index (Phi) is 1.97. The molecule has 12 heavy (non-hydrogen) atoms. The van der Waals surface area contributed by atoms with Gasteiger partial charge in [0.1, 0.15) is 0 Å². The van der Waals surface area contributed by atoms with Crippen LogP contribution in [-0.2, 0) is 0 Å². The minimum absolute atomic E-state index is 0.921. The van der Waals surface area contributed by atoms with Gasteiger partial charge < -0.3 is 0 Å². The minimum Gasteiger partial charge on any atom is -0.0625 e. The van der Waals surface area contributed by atoms with E-state index < -0.39 is 0 Å². The normalized spacial score (nSPS) is 45.5. The van der Waals surface area contributed by atoms with Crippen LogP contribution in [0, 0.1) is 35.5 Å². The Hall–Kier alpha value is 0. The summed E-state index contributed by atoms with van der Waals surface area (Å²) in [5.41, 5.74) is 0. The quantitative estimate of drug-likeness (QED) is 0.588. The van der Waals surface area contributed by atoms with Crippen LogP contribution in [0.1, 0.15) is 40.5 Å². The van der Waals surface area contributed by atoms with Crippen molar-refractivity contribution in [2.45, 2.75) is 40.5 Å². The summed E-state index contributed by atoms with van der Waals surface area (Å²) in [6, 6.07) is 0. The molecule has 0 aromatic heterocycles. The zero-order valence-corrected chi connectivity index (χ0v) is 8.88. The van der Waals surface area contributed by atoms with E-state index in [4.69, 9.17) is 0 Å². The van der Waals surface area contributed by atoms with E-state index in [2.05, 4.69) is 27.7 Å². The number of fused-ring (bicyclic) bond motifs is 1. The van der Waals surface area contributed by atoms with E-state index in [0.29, 0.717) is 0 Å². The highest BCUT2D eigenvalue weighted by Crippen LogP contribution is 2.61. The van der Waals surface area contributed by atoms with E-state index in [9.17, 15) is 0 Å². The van der Waals surface area contributed by atoms with Crippen LogP contribution in [0.25, 0.3) is 0 Å². The molecule has 4 atom stereocenters. The molecule has 0 bridgehead atoms. The summed E-state index contributed by atoms with van der Waals surface area (Å²) >= 11 is 0. The standard InChI is InChI=1S/C12H22/c1-7(2)10-5-9-6-11(9)12(10)8(3)4/h7-12H,5-6H2,1-4H3/t9-,10+,11+,12?/m1/s1. The van der Waals surface area contributed by atoms with Crippen molar-refractivity contribution in [3.63, 3.8) is 0 Å². The van der Waals surface area contributed by atoms with Gasteiger partial charge in [0, 0.05) is 0 Å². The van der Waals surface area contributed by atoms with E-state index in [0.717, 1.165) is 35.5 Å². The van der Waals surface area contributed by atoms with Crippen LogP contribution < -0.4 is 0 Å². The fourth-order valence-corrected chi connectivity index (χ4v) is 3.54. The first-order chi connectivity index (χ1) is 5.61. The number of hydrogen-bond acceptors (Lipinski definition) is 0. The zero-order valence-electron chi connectivity index (χ0n) is 8.88. The van der Waals surface area contributed by atoms with Crippen molar-refractivity contribution < 1.29 is 0 Å². The van der Waals surface area contributed by atoms with Crippen molar-refractivity contribution >= 4 is 0 Å². The first-order valence-electron chi connectivity index (χ1n) is 5.61. The van der Waals surface area contributed by atoms with Gasteiger partial charge in [0.25, 0.3) is 0 Å². The molecule has 2 saturated carbocycles. The zero-order chi connectivity index (χ0) is 8.88. The molecule has 0 amide bonds. The van der Waals surface area contributed by atoms with Gasteiger partial charge in [-0.05, 0) is 48.3 Å². The van der Waals surface area contributed by atoms with E-state index >= 15 is 0 Å². The molecule has 2 rings (SSSR count). The second-order valence-corrected chi connectivity index (χ2v) is 5.62. The molecule has 0 radical (unpaired) electrons. The molecule has 0 heterocycles. The summed E-state index contributed by atoms with van der Waals surface area (Å²) in [5.74, 6) is 6.24. The molecule has 2 aliphatic rings. The topological polar surface area (TPSA) is 0 Å². The molecule has 0 aromatic carbocycles. The van der Waals surface area contributed by atoms with Gasteiger partial charge in [-0.15, -0.1) is 0 Å². The molecule has 70 valence electrons. The second-order valence-electron chi connectivity index (χ2n) is 5.62. The lowest BCUT2D eigenvalue weighted by atomic mass is 9.77. The third-order valence-electron chi connectivity index (χ3n) is 4.17. The number of hydrogen-bond donors (Lipinski definition) is 0. The van der Waals surface area contributed by atoms with Gasteiger partial charge in [-0.25, -0.2) is 0 Å². The molecule has 0 heteroatoms. The molecular weight excluding hydrogens is 144 g/mol. The minimum atomic E-state index is 0.921. The summed E-state index contributed by atoms with van der Waals surface area (Å²) in [4.78, 5) is 0. The van der Waals surface area contributed by atoms with E-state index in [1.165, 1.54) is 0 Å². The average Bonchev–Trinajstić information content (AvgIpc) is 2.60. The predicted octanol–water partition coefficient (Wildman–Crippen LogP) is 3.57. The van der Waals surface area contributed by atoms with E-state index in [1.54, 1.807) is 12.8 Å². The van der Waals surface area contributed by atoms with Crippen molar-refractivity contribution in [2.24, 2.45) is 35.5 Å². The molecular formula is C12H22. The predicted molar refractivity (Wildman–Crippen MR) is 52.9 cm³/mol. The van der Waals surface area contributed by atoms with Crippen LogP contribution in [-0.4, -0.2) is 0 Å². The van der Waals surface area contributed by atoms with Gasteiger partial charge in [-0.1, -0.05) is 27.7 Å². The molecule has 1 unspecified atom stereocenters. The maximum atomic E-state index is 2.42. The summed E-state index contributed by atoms with van der Waals surface area (Å²) < 4.78 is 0. The van der Waals surface area contributed by atoms with Crippen LogP contribution in [0.4, 0.5) is 0 Å². The molecule has 2 aliphatic carbocycles. The highest BCUT2D eigenvalue weighted by Gasteiger charge is 2.54. The summed E-state index contributed by atoms with van der Waals surface area (Å²) in [5, 5.41) is 0. The van der Waals surface area contributed by atoms with Gasteiger partial charge in [-0.3, -0.25) is 0 Å². The first-order valence-corrected chi connectivity index (χ1v) is 5.61. The van der Waals surface area contributed by atoms with Gasteiger partial charge >= 0.3 is 0 Å². The highest BCUT2D eigenvalue weighted by atomic mass is 14.6. The Labute approximate surface area is 76.7 Å². The lowest BCUT2D eigenvalue weighted by molar-refractivity contribution is 0.201. The summed E-state index contributed by atoms with van der Waals surface area (Å²) in [6.45, 7) is 9.65. The summed E-state index contributed by atoms with van der Waals surface area (Å²) in [6.07, 6.45) is 3.11. The lowest BCUT2D eigenvalue weighted by Crippen LogP contribution is -2.22. The van der Waals surface area contributed by atoms with Crippen LogP contribution in [0.15, 0.2) is 0 Å². The van der Waals surface area contributed by atoms with Crippen molar-refractivity contribution in [1.82, 2.24) is 0 Å². The Bertz CT molecular complexity index is 169. The fourth-order valence-electron chi connectivity index (χ4n) is 3.54. The molecule has 0 N–H and O–H groups in total. The van der Waals surface area contributed by atoms with E-state index in [-0.39, 0.29) is 0 Å². The van der Waals surface area contributed by atoms with Crippen molar-refractivity contribution in [2.75, 3.05) is 0 Å². The van der Waals surface area contributed by atoms with Crippen LogP contribution >= 0.6 is 0 Å². The fraction of sp³-hybridized carbons (Fsp3) is 1.00. The van der Waals surface area contributed by atoms with Crippen LogP contribution in [0.2, 0.25) is 0 Å². The second kappa shape index (κ2) is 2.75. The molecule has 0 aromatic rings. The molecule has 2 fully saturated rings. The van der Waals surface area contributed by atoms with Crippen LogP contribution in [0.3, 0.4) is 0 Å². The van der Waals surface area contributed by atoms with Crippen molar-refractivity contribution in [1.29, 1.82) is 0 Å². The Morgan fingerprint density at radius 3 is 2.00 bits per heavy atom. The number of rotatable bonds is 2.